The van der Waals surface area contributed by atoms with Crippen molar-refractivity contribution in [3.63, 3.8) is 0 Å². The third-order valence-corrected chi connectivity index (χ3v) is 6.27. The minimum absolute atomic E-state index is 0.0592. The van der Waals surface area contributed by atoms with Gasteiger partial charge in [-0.15, -0.1) is 11.3 Å². The molecule has 1 saturated carbocycles. The maximum absolute atomic E-state index is 12.9. The second-order valence-electron chi connectivity index (χ2n) is 7.26. The second-order valence-corrected chi connectivity index (χ2v) is 8.17. The Labute approximate surface area is 156 Å². The lowest BCUT2D eigenvalue weighted by atomic mass is 10.1. The average molecular weight is 372 g/mol. The standard InChI is InChI=1S/C18H24N6OS/c1-21-16-13(2-5-22-16)15(20)23-6-7-24(11-18(10-23)3-4-18)17(25)14-8-12(19)9-26-14/h2,5,8-9,20-22H,3-4,6-7,10-11,19H2,1H3. The van der Waals surface area contributed by atoms with E-state index in [9.17, 15) is 4.79 Å². The SMILES string of the molecule is CNc1[nH]ccc1C(=N)N1CCN(C(=O)c2cc(N)cs2)CC2(CC2)C1. The average Bonchev–Trinajstić information content (AvgIpc) is 3.06. The number of rotatable bonds is 3. The first-order valence-corrected chi connectivity index (χ1v) is 9.72. The summed E-state index contributed by atoms with van der Waals surface area (Å²) in [6, 6.07) is 3.69. The summed E-state index contributed by atoms with van der Waals surface area (Å²) in [7, 11) is 1.85. The van der Waals surface area contributed by atoms with Gasteiger partial charge in [0.25, 0.3) is 5.91 Å². The summed E-state index contributed by atoms with van der Waals surface area (Å²) in [6.45, 7) is 2.89. The van der Waals surface area contributed by atoms with Crippen LogP contribution in [-0.4, -0.2) is 59.8 Å². The molecule has 0 aromatic carbocycles. The molecule has 138 valence electrons. The van der Waals surface area contributed by atoms with Crippen LogP contribution in [0.5, 0.6) is 0 Å². The molecule has 26 heavy (non-hydrogen) atoms. The maximum Gasteiger partial charge on any atom is 0.264 e. The lowest BCUT2D eigenvalue weighted by Crippen LogP contribution is -2.37. The van der Waals surface area contributed by atoms with Gasteiger partial charge in [-0.3, -0.25) is 10.2 Å². The summed E-state index contributed by atoms with van der Waals surface area (Å²) in [5.74, 6) is 1.42. The fraction of sp³-hybridized carbons (Fsp3) is 0.444. The number of amides is 1. The van der Waals surface area contributed by atoms with E-state index in [2.05, 4.69) is 15.2 Å². The molecule has 0 bridgehead atoms. The van der Waals surface area contributed by atoms with Crippen LogP contribution in [0.1, 0.15) is 28.1 Å². The van der Waals surface area contributed by atoms with Crippen LogP contribution < -0.4 is 11.1 Å². The molecule has 1 amide bonds. The largest absolute Gasteiger partial charge is 0.398 e. The van der Waals surface area contributed by atoms with Gasteiger partial charge in [0.1, 0.15) is 11.7 Å². The molecule has 1 spiro atoms. The number of H-pyrrole nitrogens is 1. The van der Waals surface area contributed by atoms with E-state index in [0.717, 1.165) is 37.3 Å². The molecule has 3 heterocycles. The molecule has 0 radical (unpaired) electrons. The highest BCUT2D eigenvalue weighted by Crippen LogP contribution is 2.48. The summed E-state index contributed by atoms with van der Waals surface area (Å²) >= 11 is 1.40. The van der Waals surface area contributed by atoms with Crippen molar-refractivity contribution in [2.75, 3.05) is 44.3 Å². The molecule has 2 fully saturated rings. The van der Waals surface area contributed by atoms with Crippen LogP contribution >= 0.6 is 11.3 Å². The third kappa shape index (κ3) is 3.05. The zero-order valence-corrected chi connectivity index (χ0v) is 15.7. The van der Waals surface area contributed by atoms with Crippen LogP contribution in [0.3, 0.4) is 0 Å². The monoisotopic (exact) mass is 372 g/mol. The van der Waals surface area contributed by atoms with E-state index in [0.29, 0.717) is 29.5 Å². The van der Waals surface area contributed by atoms with E-state index in [4.69, 9.17) is 11.1 Å². The van der Waals surface area contributed by atoms with Gasteiger partial charge in [-0.1, -0.05) is 0 Å². The van der Waals surface area contributed by atoms with Crippen molar-refractivity contribution < 1.29 is 4.79 Å². The summed E-state index contributed by atoms with van der Waals surface area (Å²) in [5, 5.41) is 13.6. The Morgan fingerprint density at radius 2 is 2.08 bits per heavy atom. The first-order chi connectivity index (χ1) is 12.5. The van der Waals surface area contributed by atoms with Crippen molar-refractivity contribution in [1.82, 2.24) is 14.8 Å². The Hall–Kier alpha value is -2.48. The van der Waals surface area contributed by atoms with Gasteiger partial charge in [0.2, 0.25) is 0 Å². The molecule has 1 aliphatic carbocycles. The Bertz CT molecular complexity index is 836. The zero-order chi connectivity index (χ0) is 18.3. The van der Waals surface area contributed by atoms with E-state index < -0.39 is 0 Å². The van der Waals surface area contributed by atoms with Gasteiger partial charge in [-0.25, -0.2) is 0 Å². The molecule has 5 N–H and O–H groups in total. The van der Waals surface area contributed by atoms with Gasteiger partial charge >= 0.3 is 0 Å². The van der Waals surface area contributed by atoms with E-state index in [1.807, 2.05) is 29.6 Å². The number of hydrogen-bond donors (Lipinski definition) is 4. The van der Waals surface area contributed by atoms with Crippen molar-refractivity contribution >= 4 is 34.6 Å². The van der Waals surface area contributed by atoms with Crippen molar-refractivity contribution in [2.45, 2.75) is 12.8 Å². The van der Waals surface area contributed by atoms with Crippen LogP contribution in [0.15, 0.2) is 23.7 Å². The van der Waals surface area contributed by atoms with Crippen LogP contribution in [-0.2, 0) is 0 Å². The second kappa shape index (κ2) is 6.35. The number of aromatic amines is 1. The van der Waals surface area contributed by atoms with Gasteiger partial charge < -0.3 is 25.8 Å². The number of aromatic nitrogens is 1. The molecule has 1 aliphatic heterocycles. The first kappa shape index (κ1) is 17.0. The Morgan fingerprint density at radius 1 is 1.35 bits per heavy atom. The van der Waals surface area contributed by atoms with Gasteiger partial charge in [0, 0.05) is 55.9 Å². The summed E-state index contributed by atoms with van der Waals surface area (Å²) in [6.07, 6.45) is 4.07. The predicted octanol–water partition coefficient (Wildman–Crippen LogP) is 2.26. The molecular formula is C18H24N6OS. The Balaban J connectivity index is 1.53. The van der Waals surface area contributed by atoms with Gasteiger partial charge in [-0.05, 0) is 25.0 Å². The molecule has 2 aliphatic rings. The van der Waals surface area contributed by atoms with Crippen LogP contribution in [0, 0.1) is 10.8 Å². The van der Waals surface area contributed by atoms with Crippen molar-refractivity contribution in [3.8, 4) is 0 Å². The highest BCUT2D eigenvalue weighted by atomic mass is 32.1. The minimum atomic E-state index is 0.0592. The summed E-state index contributed by atoms with van der Waals surface area (Å²) < 4.78 is 0. The van der Waals surface area contributed by atoms with E-state index in [-0.39, 0.29) is 11.3 Å². The summed E-state index contributed by atoms with van der Waals surface area (Å²) in [4.78, 5) is 20.8. The van der Waals surface area contributed by atoms with Gasteiger partial charge in [0.15, 0.2) is 0 Å². The molecule has 4 rings (SSSR count). The number of nitrogens with two attached hydrogens (primary N) is 1. The Morgan fingerprint density at radius 3 is 2.73 bits per heavy atom. The predicted molar refractivity (Wildman–Crippen MR) is 105 cm³/mol. The molecule has 2 aromatic rings. The number of nitrogens with zero attached hydrogens (tertiary/aromatic N) is 2. The lowest BCUT2D eigenvalue weighted by Gasteiger charge is -2.26. The number of nitrogens with one attached hydrogen (secondary N) is 3. The summed E-state index contributed by atoms with van der Waals surface area (Å²) in [5.41, 5.74) is 7.42. The number of carbonyl (C=O) groups excluding carboxylic acids is 1. The number of carbonyl (C=O) groups is 1. The number of hydrogen-bond acceptors (Lipinski definition) is 5. The molecule has 7 nitrogen and oxygen atoms in total. The topological polar surface area (TPSA) is 101 Å². The number of amidine groups is 1. The fourth-order valence-corrected chi connectivity index (χ4v) is 4.44. The van der Waals surface area contributed by atoms with E-state index >= 15 is 0 Å². The highest BCUT2D eigenvalue weighted by molar-refractivity contribution is 7.12. The number of thiophene rings is 1. The number of nitrogen functional groups attached to an aromatic ring is 1. The fourth-order valence-electron chi connectivity index (χ4n) is 3.68. The number of anilines is 2. The molecule has 0 atom stereocenters. The minimum Gasteiger partial charge on any atom is -0.398 e. The van der Waals surface area contributed by atoms with Gasteiger partial charge in [-0.2, -0.15) is 0 Å². The molecule has 8 heteroatoms. The quantitative estimate of drug-likeness (QED) is 0.490. The van der Waals surface area contributed by atoms with Crippen LogP contribution in [0.25, 0.3) is 0 Å². The van der Waals surface area contributed by atoms with Crippen LogP contribution in [0.2, 0.25) is 0 Å². The third-order valence-electron chi connectivity index (χ3n) is 5.34. The normalized spacial score (nSPS) is 18.7. The molecule has 1 saturated heterocycles. The van der Waals surface area contributed by atoms with Crippen LogP contribution in [0.4, 0.5) is 11.5 Å². The van der Waals surface area contributed by atoms with Crippen molar-refractivity contribution in [3.05, 3.63) is 34.2 Å². The molecular weight excluding hydrogens is 348 g/mol. The molecule has 2 aromatic heterocycles. The highest BCUT2D eigenvalue weighted by Gasteiger charge is 2.48. The van der Waals surface area contributed by atoms with Crippen molar-refractivity contribution in [2.24, 2.45) is 5.41 Å². The zero-order valence-electron chi connectivity index (χ0n) is 14.8. The maximum atomic E-state index is 12.9. The van der Waals surface area contributed by atoms with Crippen molar-refractivity contribution in [1.29, 1.82) is 5.41 Å². The van der Waals surface area contributed by atoms with E-state index in [1.165, 1.54) is 11.3 Å². The lowest BCUT2D eigenvalue weighted by molar-refractivity contribution is 0.0745. The smallest absolute Gasteiger partial charge is 0.264 e. The first-order valence-electron chi connectivity index (χ1n) is 8.84. The van der Waals surface area contributed by atoms with E-state index in [1.54, 1.807) is 6.07 Å². The van der Waals surface area contributed by atoms with Gasteiger partial charge in [0.05, 0.1) is 10.4 Å². The molecule has 0 unspecified atom stereocenters. The Kier molecular flexibility index (Phi) is 4.14.